The molecule has 0 atom stereocenters. The Morgan fingerprint density at radius 2 is 1.77 bits per heavy atom. The van der Waals surface area contributed by atoms with E-state index in [1.807, 2.05) is 0 Å². The molecule has 1 heterocycles. The van der Waals surface area contributed by atoms with Crippen LogP contribution < -0.4 is 11.1 Å². The van der Waals surface area contributed by atoms with E-state index in [0.717, 1.165) is 12.8 Å². The summed E-state index contributed by atoms with van der Waals surface area (Å²) < 4.78 is 26.8. The number of rotatable bonds is 5. The topological polar surface area (TPSA) is 92.5 Å². The summed E-state index contributed by atoms with van der Waals surface area (Å²) in [6, 6.07) is 15.3. The van der Waals surface area contributed by atoms with Gasteiger partial charge in [-0.25, -0.2) is 8.42 Å². The molecule has 26 heavy (non-hydrogen) atoms. The van der Waals surface area contributed by atoms with Gasteiger partial charge >= 0.3 is 0 Å². The SMILES string of the molecule is Nc1cccc(C(=O)NCC2CCN(S(=O)(=O)c3ccccc3)CC2)c1. The Labute approximate surface area is 154 Å². The van der Waals surface area contributed by atoms with Crippen molar-refractivity contribution in [2.24, 2.45) is 5.92 Å². The van der Waals surface area contributed by atoms with Crippen LogP contribution in [0.15, 0.2) is 59.5 Å². The molecular formula is C19H23N3O3S. The number of benzene rings is 2. The number of sulfonamides is 1. The molecule has 0 aromatic heterocycles. The number of nitrogen functional groups attached to an aromatic ring is 1. The molecule has 1 fully saturated rings. The minimum Gasteiger partial charge on any atom is -0.399 e. The summed E-state index contributed by atoms with van der Waals surface area (Å²) >= 11 is 0. The Bertz CT molecular complexity index is 861. The van der Waals surface area contributed by atoms with Crippen molar-refractivity contribution < 1.29 is 13.2 Å². The number of hydrogen-bond acceptors (Lipinski definition) is 4. The highest BCUT2D eigenvalue weighted by Crippen LogP contribution is 2.23. The standard InChI is InChI=1S/C19H23N3O3S/c20-17-6-4-5-16(13-17)19(23)21-14-15-9-11-22(12-10-15)26(24,25)18-7-2-1-3-8-18/h1-8,13,15H,9-12,14,20H2,(H,21,23). The molecule has 0 unspecified atom stereocenters. The van der Waals surface area contributed by atoms with Gasteiger partial charge in [0.2, 0.25) is 10.0 Å². The zero-order valence-electron chi connectivity index (χ0n) is 14.5. The highest BCUT2D eigenvalue weighted by Gasteiger charge is 2.29. The van der Waals surface area contributed by atoms with Gasteiger partial charge in [0, 0.05) is 30.9 Å². The predicted molar refractivity (Wildman–Crippen MR) is 101 cm³/mol. The molecule has 1 aliphatic rings. The zero-order valence-corrected chi connectivity index (χ0v) is 15.3. The van der Waals surface area contributed by atoms with Crippen molar-refractivity contribution in [3.05, 3.63) is 60.2 Å². The molecule has 0 bridgehead atoms. The van der Waals surface area contributed by atoms with Crippen LogP contribution in [-0.4, -0.2) is 38.3 Å². The second kappa shape index (κ2) is 7.88. The molecule has 2 aromatic carbocycles. The minimum absolute atomic E-state index is 0.156. The normalized spacial score (nSPS) is 16.3. The summed E-state index contributed by atoms with van der Waals surface area (Å²) in [7, 11) is -3.43. The van der Waals surface area contributed by atoms with Crippen molar-refractivity contribution in [3.63, 3.8) is 0 Å². The first-order valence-electron chi connectivity index (χ1n) is 8.66. The monoisotopic (exact) mass is 373 g/mol. The molecule has 0 saturated carbocycles. The zero-order chi connectivity index (χ0) is 18.6. The fraction of sp³-hybridized carbons (Fsp3) is 0.316. The lowest BCUT2D eigenvalue weighted by atomic mass is 9.98. The highest BCUT2D eigenvalue weighted by atomic mass is 32.2. The third-order valence-electron chi connectivity index (χ3n) is 4.65. The molecule has 0 radical (unpaired) electrons. The molecule has 3 N–H and O–H groups in total. The predicted octanol–water partition coefficient (Wildman–Crippen LogP) is 2.10. The Morgan fingerprint density at radius 3 is 2.42 bits per heavy atom. The highest BCUT2D eigenvalue weighted by molar-refractivity contribution is 7.89. The molecule has 1 aliphatic heterocycles. The van der Waals surface area contributed by atoms with Gasteiger partial charge in [0.25, 0.3) is 5.91 Å². The van der Waals surface area contributed by atoms with Crippen LogP contribution in [0.2, 0.25) is 0 Å². The first kappa shape index (κ1) is 18.4. The molecular weight excluding hydrogens is 350 g/mol. The first-order chi connectivity index (χ1) is 12.5. The average Bonchev–Trinajstić information content (AvgIpc) is 2.67. The van der Waals surface area contributed by atoms with E-state index in [4.69, 9.17) is 5.73 Å². The van der Waals surface area contributed by atoms with Crippen molar-refractivity contribution in [1.82, 2.24) is 9.62 Å². The number of nitrogens with zero attached hydrogens (tertiary/aromatic N) is 1. The van der Waals surface area contributed by atoms with Crippen LogP contribution in [0, 0.1) is 5.92 Å². The van der Waals surface area contributed by atoms with Gasteiger partial charge in [-0.3, -0.25) is 4.79 Å². The number of carbonyl (C=O) groups is 1. The van der Waals surface area contributed by atoms with Crippen LogP contribution in [0.4, 0.5) is 5.69 Å². The lowest BCUT2D eigenvalue weighted by Crippen LogP contribution is -2.41. The maximum absolute atomic E-state index is 12.6. The number of nitrogens with one attached hydrogen (secondary N) is 1. The van der Waals surface area contributed by atoms with Crippen LogP contribution in [0.3, 0.4) is 0 Å². The molecule has 3 rings (SSSR count). The van der Waals surface area contributed by atoms with Crippen LogP contribution in [0.25, 0.3) is 0 Å². The van der Waals surface area contributed by atoms with Crippen molar-refractivity contribution in [1.29, 1.82) is 0 Å². The first-order valence-corrected chi connectivity index (χ1v) is 10.1. The van der Waals surface area contributed by atoms with E-state index >= 15 is 0 Å². The summed E-state index contributed by atoms with van der Waals surface area (Å²) in [4.78, 5) is 12.5. The smallest absolute Gasteiger partial charge is 0.251 e. The van der Waals surface area contributed by atoms with Crippen LogP contribution in [0.5, 0.6) is 0 Å². The summed E-state index contributed by atoms with van der Waals surface area (Å²) in [5.41, 5.74) is 6.79. The van der Waals surface area contributed by atoms with Crippen molar-refractivity contribution in [3.8, 4) is 0 Å². The van der Waals surface area contributed by atoms with E-state index in [2.05, 4.69) is 5.32 Å². The fourth-order valence-corrected chi connectivity index (χ4v) is 4.61. The van der Waals surface area contributed by atoms with Crippen molar-refractivity contribution in [2.45, 2.75) is 17.7 Å². The quantitative estimate of drug-likeness (QED) is 0.785. The molecule has 0 aliphatic carbocycles. The van der Waals surface area contributed by atoms with Gasteiger partial charge in [-0.2, -0.15) is 4.31 Å². The number of carbonyl (C=O) groups excluding carboxylic acids is 1. The maximum Gasteiger partial charge on any atom is 0.251 e. The largest absolute Gasteiger partial charge is 0.399 e. The summed E-state index contributed by atoms with van der Waals surface area (Å²) in [6.45, 7) is 1.47. The third kappa shape index (κ3) is 4.23. The summed E-state index contributed by atoms with van der Waals surface area (Å²) in [5, 5.41) is 2.92. The van der Waals surface area contributed by atoms with Gasteiger partial charge in [-0.05, 0) is 49.1 Å². The molecule has 2 aromatic rings. The Kier molecular flexibility index (Phi) is 5.58. The van der Waals surface area contributed by atoms with Crippen LogP contribution in [-0.2, 0) is 10.0 Å². The molecule has 0 spiro atoms. The number of hydrogen-bond donors (Lipinski definition) is 2. The van der Waals surface area contributed by atoms with Gasteiger partial charge in [0.1, 0.15) is 0 Å². The third-order valence-corrected chi connectivity index (χ3v) is 6.57. The lowest BCUT2D eigenvalue weighted by Gasteiger charge is -2.31. The van der Waals surface area contributed by atoms with Gasteiger partial charge < -0.3 is 11.1 Å². The molecule has 1 saturated heterocycles. The van der Waals surface area contributed by atoms with E-state index < -0.39 is 10.0 Å². The second-order valence-corrected chi connectivity index (χ2v) is 8.43. The Balaban J connectivity index is 1.52. The molecule has 138 valence electrons. The van der Waals surface area contributed by atoms with E-state index in [1.165, 1.54) is 4.31 Å². The van der Waals surface area contributed by atoms with Crippen molar-refractivity contribution >= 4 is 21.6 Å². The maximum atomic E-state index is 12.6. The van der Waals surface area contributed by atoms with E-state index in [-0.39, 0.29) is 11.8 Å². The van der Waals surface area contributed by atoms with Gasteiger partial charge in [0.15, 0.2) is 0 Å². The summed E-state index contributed by atoms with van der Waals surface area (Å²) in [6.07, 6.45) is 1.45. The van der Waals surface area contributed by atoms with E-state index in [1.54, 1.807) is 54.6 Å². The van der Waals surface area contributed by atoms with Gasteiger partial charge in [-0.1, -0.05) is 24.3 Å². The fourth-order valence-electron chi connectivity index (χ4n) is 3.11. The number of piperidine rings is 1. The van der Waals surface area contributed by atoms with E-state index in [9.17, 15) is 13.2 Å². The lowest BCUT2D eigenvalue weighted by molar-refractivity contribution is 0.0941. The molecule has 1 amide bonds. The Morgan fingerprint density at radius 1 is 1.08 bits per heavy atom. The number of nitrogens with two attached hydrogens (primary N) is 1. The minimum atomic E-state index is -3.43. The second-order valence-electron chi connectivity index (χ2n) is 6.50. The average molecular weight is 373 g/mol. The molecule has 7 heteroatoms. The summed E-state index contributed by atoms with van der Waals surface area (Å²) in [5.74, 6) is 0.110. The van der Waals surface area contributed by atoms with Gasteiger partial charge in [0.05, 0.1) is 4.90 Å². The number of amides is 1. The number of anilines is 1. The van der Waals surface area contributed by atoms with Gasteiger partial charge in [-0.15, -0.1) is 0 Å². The van der Waals surface area contributed by atoms with Crippen LogP contribution >= 0.6 is 0 Å². The van der Waals surface area contributed by atoms with Crippen LogP contribution in [0.1, 0.15) is 23.2 Å². The molecule has 6 nitrogen and oxygen atoms in total. The van der Waals surface area contributed by atoms with Crippen molar-refractivity contribution in [2.75, 3.05) is 25.4 Å². The van der Waals surface area contributed by atoms with E-state index in [0.29, 0.717) is 35.8 Å². The Hall–Kier alpha value is -2.38.